The lowest BCUT2D eigenvalue weighted by atomic mass is 10.3. The van der Waals surface area contributed by atoms with E-state index in [0.717, 1.165) is 37.4 Å². The molecule has 1 N–H and O–H groups in total. The summed E-state index contributed by atoms with van der Waals surface area (Å²) in [5.74, 6) is 0. The molecule has 0 amide bonds. The Hall–Kier alpha value is -2.05. The summed E-state index contributed by atoms with van der Waals surface area (Å²) in [6.45, 7) is 3.65. The summed E-state index contributed by atoms with van der Waals surface area (Å²) in [5.41, 5.74) is 2.26. The summed E-state index contributed by atoms with van der Waals surface area (Å²) in [6.07, 6.45) is 3.58. The first-order chi connectivity index (χ1) is 10.3. The lowest BCUT2D eigenvalue weighted by Crippen LogP contribution is -2.43. The van der Waals surface area contributed by atoms with Gasteiger partial charge < -0.3 is 14.6 Å². The Kier molecular flexibility index (Phi) is 3.05. The van der Waals surface area contributed by atoms with Gasteiger partial charge in [-0.05, 0) is 18.2 Å². The van der Waals surface area contributed by atoms with Crippen molar-refractivity contribution in [2.24, 2.45) is 0 Å². The highest BCUT2D eigenvalue weighted by Gasteiger charge is 2.19. The van der Waals surface area contributed by atoms with Crippen LogP contribution in [-0.4, -0.2) is 40.9 Å². The Morgan fingerprint density at radius 1 is 1.24 bits per heavy atom. The van der Waals surface area contributed by atoms with Crippen LogP contribution < -0.4 is 10.2 Å². The summed E-state index contributed by atoms with van der Waals surface area (Å²) in [4.78, 5) is 6.71. The zero-order chi connectivity index (χ0) is 14.2. The maximum absolute atomic E-state index is 6.19. The highest BCUT2D eigenvalue weighted by atomic mass is 35.5. The van der Waals surface area contributed by atoms with Crippen LogP contribution in [0.1, 0.15) is 0 Å². The number of oxazole rings is 1. The first-order valence-electron chi connectivity index (χ1n) is 6.87. The van der Waals surface area contributed by atoms with E-state index in [4.69, 9.17) is 16.0 Å². The van der Waals surface area contributed by atoms with Gasteiger partial charge in [0, 0.05) is 43.6 Å². The Labute approximate surface area is 126 Å². The predicted molar refractivity (Wildman–Crippen MR) is 81.2 cm³/mol. The van der Waals surface area contributed by atoms with E-state index in [9.17, 15) is 0 Å². The number of fused-ring (bicyclic) bond motifs is 1. The maximum Gasteiger partial charge on any atom is 0.298 e. The second-order valence-corrected chi connectivity index (χ2v) is 5.39. The summed E-state index contributed by atoms with van der Waals surface area (Å²) < 4.78 is 7.72. The van der Waals surface area contributed by atoms with Gasteiger partial charge in [-0.2, -0.15) is 10.1 Å². The predicted octanol–water partition coefficient (Wildman–Crippen LogP) is 2.08. The van der Waals surface area contributed by atoms with Crippen LogP contribution in [-0.2, 0) is 0 Å². The highest BCUT2D eigenvalue weighted by molar-refractivity contribution is 6.31. The standard InChI is InChI=1S/C14H14ClN5O/c15-10-8-11-13(12(9-10)20-5-1-2-17-20)21-14(18-11)19-6-3-16-4-7-19/h1-2,5,8-9,16H,3-4,6-7H2. The van der Waals surface area contributed by atoms with Gasteiger partial charge >= 0.3 is 0 Å². The fraction of sp³-hybridized carbons (Fsp3) is 0.286. The summed E-state index contributed by atoms with van der Waals surface area (Å²) in [7, 11) is 0. The largest absolute Gasteiger partial charge is 0.421 e. The molecule has 0 spiro atoms. The van der Waals surface area contributed by atoms with Crippen molar-refractivity contribution in [2.75, 3.05) is 31.1 Å². The van der Waals surface area contributed by atoms with Gasteiger partial charge in [-0.3, -0.25) is 0 Å². The van der Waals surface area contributed by atoms with Crippen LogP contribution in [0.5, 0.6) is 0 Å². The molecule has 21 heavy (non-hydrogen) atoms. The molecule has 6 nitrogen and oxygen atoms in total. The van der Waals surface area contributed by atoms with E-state index < -0.39 is 0 Å². The van der Waals surface area contributed by atoms with Crippen molar-refractivity contribution < 1.29 is 4.42 Å². The third-order valence-electron chi connectivity index (χ3n) is 3.56. The van der Waals surface area contributed by atoms with Crippen molar-refractivity contribution in [1.82, 2.24) is 20.1 Å². The van der Waals surface area contributed by atoms with E-state index in [0.29, 0.717) is 16.6 Å². The van der Waals surface area contributed by atoms with Crippen molar-refractivity contribution >= 4 is 28.7 Å². The quantitative estimate of drug-likeness (QED) is 0.785. The number of benzene rings is 1. The molecule has 0 aliphatic carbocycles. The zero-order valence-electron chi connectivity index (χ0n) is 11.3. The molecule has 0 unspecified atom stereocenters. The highest BCUT2D eigenvalue weighted by Crippen LogP contribution is 2.30. The van der Waals surface area contributed by atoms with Crippen molar-refractivity contribution in [3.8, 4) is 5.69 Å². The average molecular weight is 304 g/mol. The Morgan fingerprint density at radius 2 is 2.10 bits per heavy atom. The lowest BCUT2D eigenvalue weighted by molar-refractivity contribution is 0.516. The monoisotopic (exact) mass is 303 g/mol. The van der Waals surface area contributed by atoms with E-state index in [1.807, 2.05) is 24.4 Å². The number of hydrogen-bond donors (Lipinski definition) is 1. The third kappa shape index (κ3) is 2.26. The minimum Gasteiger partial charge on any atom is -0.421 e. The molecule has 1 aliphatic heterocycles. The second kappa shape index (κ2) is 5.05. The van der Waals surface area contributed by atoms with E-state index in [1.54, 1.807) is 10.9 Å². The molecule has 2 aromatic heterocycles. The number of nitrogens with one attached hydrogen (secondary N) is 1. The van der Waals surface area contributed by atoms with Gasteiger partial charge in [-0.25, -0.2) is 4.68 Å². The van der Waals surface area contributed by atoms with Gasteiger partial charge in [0.15, 0.2) is 5.58 Å². The minimum atomic E-state index is 0.619. The number of nitrogens with zero attached hydrogens (tertiary/aromatic N) is 4. The first-order valence-corrected chi connectivity index (χ1v) is 7.25. The van der Waals surface area contributed by atoms with Crippen LogP contribution in [0.25, 0.3) is 16.8 Å². The SMILES string of the molecule is Clc1cc(-n2cccn2)c2oc(N3CCNCC3)nc2c1. The molecule has 7 heteroatoms. The lowest BCUT2D eigenvalue weighted by Gasteiger charge is -2.25. The summed E-state index contributed by atoms with van der Waals surface area (Å²) >= 11 is 6.19. The molecular weight excluding hydrogens is 290 g/mol. The molecular formula is C14H14ClN5O. The minimum absolute atomic E-state index is 0.619. The molecule has 1 aromatic carbocycles. The first kappa shape index (κ1) is 12.7. The van der Waals surface area contributed by atoms with Crippen LogP contribution >= 0.6 is 11.6 Å². The summed E-state index contributed by atoms with van der Waals surface area (Å²) in [6, 6.07) is 6.16. The number of aromatic nitrogens is 3. The van der Waals surface area contributed by atoms with Crippen LogP contribution in [0, 0.1) is 0 Å². The van der Waals surface area contributed by atoms with E-state index in [1.165, 1.54) is 0 Å². The third-order valence-corrected chi connectivity index (χ3v) is 3.78. The summed E-state index contributed by atoms with van der Waals surface area (Å²) in [5, 5.41) is 8.18. The maximum atomic E-state index is 6.19. The van der Waals surface area contributed by atoms with Crippen LogP contribution in [0.3, 0.4) is 0 Å². The molecule has 0 bridgehead atoms. The average Bonchev–Trinajstić information content (AvgIpc) is 3.16. The van der Waals surface area contributed by atoms with Crippen molar-refractivity contribution in [2.45, 2.75) is 0 Å². The van der Waals surface area contributed by atoms with E-state index >= 15 is 0 Å². The number of hydrogen-bond acceptors (Lipinski definition) is 5. The molecule has 1 saturated heterocycles. The van der Waals surface area contributed by atoms with Crippen molar-refractivity contribution in [3.63, 3.8) is 0 Å². The van der Waals surface area contributed by atoms with Gasteiger partial charge in [0.25, 0.3) is 6.01 Å². The van der Waals surface area contributed by atoms with Crippen LogP contribution in [0.2, 0.25) is 5.02 Å². The molecule has 0 atom stereocenters. The van der Waals surface area contributed by atoms with Gasteiger partial charge in [0.1, 0.15) is 11.2 Å². The number of halogens is 1. The molecule has 0 saturated carbocycles. The van der Waals surface area contributed by atoms with Crippen LogP contribution in [0.4, 0.5) is 6.01 Å². The number of rotatable bonds is 2. The molecule has 108 valence electrons. The van der Waals surface area contributed by atoms with Crippen LogP contribution in [0.15, 0.2) is 35.0 Å². The van der Waals surface area contributed by atoms with Crippen molar-refractivity contribution in [1.29, 1.82) is 0 Å². The Morgan fingerprint density at radius 3 is 2.86 bits per heavy atom. The molecule has 1 aliphatic rings. The second-order valence-electron chi connectivity index (χ2n) is 4.96. The number of anilines is 1. The van der Waals surface area contributed by atoms with Gasteiger partial charge in [0.05, 0.1) is 0 Å². The smallest absolute Gasteiger partial charge is 0.298 e. The molecule has 4 rings (SSSR count). The normalized spacial score (nSPS) is 15.8. The number of piperazine rings is 1. The van der Waals surface area contributed by atoms with E-state index in [2.05, 4.69) is 20.3 Å². The van der Waals surface area contributed by atoms with Gasteiger partial charge in [-0.1, -0.05) is 11.6 Å². The van der Waals surface area contributed by atoms with Gasteiger partial charge in [0.2, 0.25) is 0 Å². The molecule has 3 aromatic rings. The van der Waals surface area contributed by atoms with Crippen molar-refractivity contribution in [3.05, 3.63) is 35.6 Å². The fourth-order valence-corrected chi connectivity index (χ4v) is 2.75. The zero-order valence-corrected chi connectivity index (χ0v) is 12.0. The molecule has 3 heterocycles. The fourth-order valence-electron chi connectivity index (χ4n) is 2.54. The van der Waals surface area contributed by atoms with Gasteiger partial charge in [-0.15, -0.1) is 0 Å². The Balaban J connectivity index is 1.84. The molecule has 1 fully saturated rings. The van der Waals surface area contributed by atoms with E-state index in [-0.39, 0.29) is 0 Å². The topological polar surface area (TPSA) is 59.1 Å². The molecule has 0 radical (unpaired) electrons. The Bertz CT molecular complexity index is 761.